The van der Waals surface area contributed by atoms with Gasteiger partial charge in [0.05, 0.1) is 13.1 Å². The average molecular weight is 261 g/mol. The fraction of sp³-hybridized carbons (Fsp3) is 0.562. The second-order valence-corrected chi connectivity index (χ2v) is 5.81. The minimum Gasteiger partial charge on any atom is -0.327 e. The summed E-state index contributed by atoms with van der Waals surface area (Å²) in [6.45, 7) is 9.08. The highest BCUT2D eigenvalue weighted by atomic mass is 16.2. The van der Waals surface area contributed by atoms with Gasteiger partial charge >= 0.3 is 0 Å². The predicted molar refractivity (Wildman–Crippen MR) is 78.7 cm³/mol. The zero-order valence-corrected chi connectivity index (χ0v) is 12.3. The molecule has 1 saturated heterocycles. The van der Waals surface area contributed by atoms with Crippen LogP contribution in [-0.4, -0.2) is 25.5 Å². The molecule has 2 N–H and O–H groups in total. The number of amides is 1. The van der Waals surface area contributed by atoms with Gasteiger partial charge in [0.2, 0.25) is 0 Å². The van der Waals surface area contributed by atoms with Gasteiger partial charge in [0.25, 0.3) is 5.91 Å². The molecule has 2 rings (SSSR count). The number of carbonyl (C=O) groups is 1. The Kier molecular flexibility index (Phi) is 4.59. The van der Waals surface area contributed by atoms with Crippen LogP contribution >= 0.6 is 0 Å². The standard InChI is InChI=1S/C16H24N2O/c1-12-9-13(2)16(14(3)10-12)17-15(19)11-18-7-5-4-6-8-18/h9-10H,4-8,11H2,1-3H3,(H,17,19)/p+1. The van der Waals surface area contributed by atoms with Gasteiger partial charge in [0.1, 0.15) is 0 Å². The molecular weight excluding hydrogens is 236 g/mol. The van der Waals surface area contributed by atoms with Crippen molar-refractivity contribution in [2.75, 3.05) is 25.0 Å². The first-order valence-corrected chi connectivity index (χ1v) is 7.27. The predicted octanol–water partition coefficient (Wildman–Crippen LogP) is 1.62. The smallest absolute Gasteiger partial charge is 0.279 e. The molecule has 0 aliphatic carbocycles. The molecule has 1 amide bonds. The molecule has 0 spiro atoms. The van der Waals surface area contributed by atoms with Crippen LogP contribution in [0.5, 0.6) is 0 Å². The number of aryl methyl sites for hydroxylation is 3. The molecule has 0 saturated carbocycles. The van der Waals surface area contributed by atoms with Crippen LogP contribution in [0.25, 0.3) is 0 Å². The lowest BCUT2D eigenvalue weighted by Gasteiger charge is -2.23. The van der Waals surface area contributed by atoms with Gasteiger partial charge in [-0.2, -0.15) is 0 Å². The Morgan fingerprint density at radius 2 is 1.68 bits per heavy atom. The van der Waals surface area contributed by atoms with Gasteiger partial charge in [-0.25, -0.2) is 0 Å². The summed E-state index contributed by atoms with van der Waals surface area (Å²) in [5.74, 6) is 0.145. The Labute approximate surface area is 116 Å². The third kappa shape index (κ3) is 3.80. The largest absolute Gasteiger partial charge is 0.327 e. The Bertz CT molecular complexity index is 439. The van der Waals surface area contributed by atoms with Gasteiger partial charge in [-0.15, -0.1) is 0 Å². The van der Waals surface area contributed by atoms with E-state index in [0.717, 1.165) is 29.9 Å². The number of nitrogens with one attached hydrogen (secondary N) is 2. The van der Waals surface area contributed by atoms with Gasteiger partial charge in [0, 0.05) is 5.69 Å². The molecule has 104 valence electrons. The summed E-state index contributed by atoms with van der Waals surface area (Å²) in [7, 11) is 0. The first kappa shape index (κ1) is 14.1. The lowest BCUT2D eigenvalue weighted by Crippen LogP contribution is -3.13. The number of benzene rings is 1. The summed E-state index contributed by atoms with van der Waals surface area (Å²) in [6, 6.07) is 4.24. The van der Waals surface area contributed by atoms with Crippen molar-refractivity contribution in [1.82, 2.24) is 0 Å². The zero-order valence-electron chi connectivity index (χ0n) is 12.3. The summed E-state index contributed by atoms with van der Waals surface area (Å²) >= 11 is 0. The second kappa shape index (κ2) is 6.20. The van der Waals surface area contributed by atoms with Crippen molar-refractivity contribution in [2.24, 2.45) is 0 Å². The monoisotopic (exact) mass is 261 g/mol. The lowest BCUT2D eigenvalue weighted by molar-refractivity contribution is -0.896. The van der Waals surface area contributed by atoms with E-state index in [0.29, 0.717) is 6.54 Å². The molecule has 1 aromatic rings. The van der Waals surface area contributed by atoms with Crippen LogP contribution in [0.15, 0.2) is 12.1 Å². The van der Waals surface area contributed by atoms with Crippen LogP contribution in [-0.2, 0) is 4.79 Å². The third-order valence-corrected chi connectivity index (χ3v) is 3.91. The summed E-state index contributed by atoms with van der Waals surface area (Å²) in [5.41, 5.74) is 4.54. The van der Waals surface area contributed by atoms with E-state index in [4.69, 9.17) is 0 Å². The SMILES string of the molecule is Cc1cc(C)c(NC(=O)C[NH+]2CCCCC2)c(C)c1. The van der Waals surface area contributed by atoms with Crippen molar-refractivity contribution in [2.45, 2.75) is 40.0 Å². The van der Waals surface area contributed by atoms with Crippen molar-refractivity contribution in [3.63, 3.8) is 0 Å². The summed E-state index contributed by atoms with van der Waals surface area (Å²) in [6.07, 6.45) is 3.83. The molecule has 0 radical (unpaired) electrons. The topological polar surface area (TPSA) is 33.5 Å². The van der Waals surface area contributed by atoms with Gasteiger partial charge in [-0.05, 0) is 51.2 Å². The zero-order chi connectivity index (χ0) is 13.8. The molecule has 1 aliphatic rings. The van der Waals surface area contributed by atoms with E-state index >= 15 is 0 Å². The van der Waals surface area contributed by atoms with Crippen LogP contribution in [0.3, 0.4) is 0 Å². The number of hydrogen-bond donors (Lipinski definition) is 2. The van der Waals surface area contributed by atoms with Crippen molar-refractivity contribution in [3.8, 4) is 0 Å². The van der Waals surface area contributed by atoms with Crippen LogP contribution in [0.2, 0.25) is 0 Å². The van der Waals surface area contributed by atoms with Crippen LogP contribution in [0.4, 0.5) is 5.69 Å². The van der Waals surface area contributed by atoms with Gasteiger partial charge in [0.15, 0.2) is 6.54 Å². The van der Waals surface area contributed by atoms with Gasteiger partial charge in [-0.3, -0.25) is 4.79 Å². The summed E-state index contributed by atoms with van der Waals surface area (Å²) in [5, 5.41) is 3.09. The molecule has 0 aromatic heterocycles. The third-order valence-electron chi connectivity index (χ3n) is 3.91. The van der Waals surface area contributed by atoms with Gasteiger partial charge in [-0.1, -0.05) is 17.7 Å². The maximum Gasteiger partial charge on any atom is 0.279 e. The molecule has 1 heterocycles. The number of likely N-dealkylation sites (tertiary alicyclic amines) is 1. The highest BCUT2D eigenvalue weighted by Gasteiger charge is 2.18. The number of quaternary nitrogens is 1. The van der Waals surface area contributed by atoms with Crippen LogP contribution in [0.1, 0.15) is 36.0 Å². The molecule has 1 aromatic carbocycles. The Hall–Kier alpha value is -1.35. The summed E-state index contributed by atoms with van der Waals surface area (Å²) < 4.78 is 0. The van der Waals surface area contributed by atoms with Crippen molar-refractivity contribution in [1.29, 1.82) is 0 Å². The fourth-order valence-electron chi connectivity index (χ4n) is 3.02. The van der Waals surface area contributed by atoms with E-state index in [9.17, 15) is 4.79 Å². The quantitative estimate of drug-likeness (QED) is 0.852. The number of rotatable bonds is 3. The minimum absolute atomic E-state index is 0.145. The first-order valence-electron chi connectivity index (χ1n) is 7.27. The fourth-order valence-corrected chi connectivity index (χ4v) is 3.02. The molecule has 3 nitrogen and oxygen atoms in total. The number of carbonyl (C=O) groups excluding carboxylic acids is 1. The second-order valence-electron chi connectivity index (χ2n) is 5.81. The van der Waals surface area contributed by atoms with Crippen molar-refractivity contribution >= 4 is 11.6 Å². The van der Waals surface area contributed by atoms with E-state index < -0.39 is 0 Å². The average Bonchev–Trinajstić information content (AvgIpc) is 2.35. The normalized spacial score (nSPS) is 16.4. The van der Waals surface area contributed by atoms with E-state index in [1.807, 2.05) is 0 Å². The molecular formula is C16H25N2O+. The highest BCUT2D eigenvalue weighted by molar-refractivity contribution is 5.93. The van der Waals surface area contributed by atoms with Crippen molar-refractivity contribution in [3.05, 3.63) is 28.8 Å². The van der Waals surface area contributed by atoms with E-state index in [2.05, 4.69) is 38.2 Å². The van der Waals surface area contributed by atoms with Gasteiger partial charge < -0.3 is 10.2 Å². The number of hydrogen-bond acceptors (Lipinski definition) is 1. The lowest BCUT2D eigenvalue weighted by atomic mass is 10.1. The molecule has 0 atom stereocenters. The van der Waals surface area contributed by atoms with Crippen molar-refractivity contribution < 1.29 is 9.69 Å². The Balaban J connectivity index is 1.98. The van der Waals surface area contributed by atoms with Crippen LogP contribution < -0.4 is 10.2 Å². The molecule has 0 unspecified atom stereocenters. The maximum atomic E-state index is 12.1. The minimum atomic E-state index is 0.145. The maximum absolute atomic E-state index is 12.1. The highest BCUT2D eigenvalue weighted by Crippen LogP contribution is 2.21. The van der Waals surface area contributed by atoms with Crippen LogP contribution in [0, 0.1) is 20.8 Å². The molecule has 1 aliphatic heterocycles. The number of anilines is 1. The number of piperidine rings is 1. The molecule has 3 heteroatoms. The molecule has 1 fully saturated rings. The molecule has 0 bridgehead atoms. The first-order chi connectivity index (χ1) is 9.06. The van der Waals surface area contributed by atoms with E-state index in [1.54, 1.807) is 0 Å². The Morgan fingerprint density at radius 1 is 1.11 bits per heavy atom. The Morgan fingerprint density at radius 3 is 2.26 bits per heavy atom. The van der Waals surface area contributed by atoms with E-state index in [1.165, 1.54) is 29.7 Å². The molecule has 19 heavy (non-hydrogen) atoms. The van der Waals surface area contributed by atoms with E-state index in [-0.39, 0.29) is 5.91 Å². The summed E-state index contributed by atoms with van der Waals surface area (Å²) in [4.78, 5) is 13.6.